The fourth-order valence-electron chi connectivity index (χ4n) is 2.79. The quantitative estimate of drug-likeness (QED) is 0.509. The molecule has 0 aliphatic carbocycles. The number of aldehydes is 1. The van der Waals surface area contributed by atoms with E-state index < -0.39 is 29.7 Å². The fourth-order valence-corrected chi connectivity index (χ4v) is 3.05. The van der Waals surface area contributed by atoms with Gasteiger partial charge in [0.05, 0.1) is 12.2 Å². The minimum absolute atomic E-state index is 0.0401. The first-order chi connectivity index (χ1) is 15.1. The Morgan fingerprint density at radius 1 is 1.09 bits per heavy atom. The normalized spacial score (nSPS) is 13.0. The molecule has 0 fully saturated rings. The SMILES string of the molecule is CN(C(=O)[C@H](Cc1ccccc1)OC(=O)Nc1ccc(Br)cc1)C(C=O)COC(C)(C)C. The molecule has 0 radical (unpaired) electrons. The van der Waals surface area contributed by atoms with Gasteiger partial charge in [0, 0.05) is 23.6 Å². The molecular weight excluding hydrogens is 476 g/mol. The predicted octanol–water partition coefficient (Wildman–Crippen LogP) is 4.45. The van der Waals surface area contributed by atoms with Crippen LogP contribution in [0.5, 0.6) is 0 Å². The molecule has 2 atom stereocenters. The van der Waals surface area contributed by atoms with E-state index in [1.807, 2.05) is 51.1 Å². The maximum Gasteiger partial charge on any atom is 0.412 e. The van der Waals surface area contributed by atoms with Gasteiger partial charge in [-0.1, -0.05) is 46.3 Å². The summed E-state index contributed by atoms with van der Waals surface area (Å²) in [5.74, 6) is -0.491. The summed E-state index contributed by atoms with van der Waals surface area (Å²) < 4.78 is 12.0. The van der Waals surface area contributed by atoms with E-state index in [-0.39, 0.29) is 13.0 Å². The van der Waals surface area contributed by atoms with Gasteiger partial charge < -0.3 is 19.2 Å². The zero-order chi connectivity index (χ0) is 23.7. The zero-order valence-corrected chi connectivity index (χ0v) is 20.3. The van der Waals surface area contributed by atoms with Gasteiger partial charge in [-0.3, -0.25) is 10.1 Å². The average molecular weight is 505 g/mol. The Morgan fingerprint density at radius 2 is 1.72 bits per heavy atom. The van der Waals surface area contributed by atoms with Gasteiger partial charge in [-0.25, -0.2) is 4.79 Å². The van der Waals surface area contributed by atoms with E-state index in [4.69, 9.17) is 9.47 Å². The smallest absolute Gasteiger partial charge is 0.412 e. The molecule has 7 nitrogen and oxygen atoms in total. The van der Waals surface area contributed by atoms with E-state index in [1.165, 1.54) is 11.9 Å². The third-order valence-corrected chi connectivity index (χ3v) is 5.10. The lowest BCUT2D eigenvalue weighted by atomic mass is 10.1. The van der Waals surface area contributed by atoms with Crippen LogP contribution in [0.3, 0.4) is 0 Å². The van der Waals surface area contributed by atoms with Crippen molar-refractivity contribution in [3.05, 3.63) is 64.6 Å². The molecule has 0 aromatic heterocycles. The monoisotopic (exact) mass is 504 g/mol. The summed E-state index contributed by atoms with van der Waals surface area (Å²) in [7, 11) is 1.50. The van der Waals surface area contributed by atoms with Crippen molar-refractivity contribution in [2.24, 2.45) is 0 Å². The highest BCUT2D eigenvalue weighted by Crippen LogP contribution is 2.16. The third kappa shape index (κ3) is 8.43. The predicted molar refractivity (Wildman–Crippen MR) is 127 cm³/mol. The van der Waals surface area contributed by atoms with Crippen molar-refractivity contribution in [2.75, 3.05) is 19.0 Å². The standard InChI is InChI=1S/C24H29BrN2O5/c1-24(2,3)31-16-20(15-28)27(4)22(29)21(14-17-8-6-5-7-9-17)32-23(30)26-19-12-10-18(25)11-13-19/h5-13,15,20-21H,14,16H2,1-4H3,(H,26,30)/t20?,21-/m0/s1. The molecule has 2 aromatic rings. The molecule has 1 unspecified atom stereocenters. The number of benzene rings is 2. The van der Waals surface area contributed by atoms with E-state index in [1.54, 1.807) is 24.3 Å². The molecule has 0 heterocycles. The molecule has 8 heteroatoms. The van der Waals surface area contributed by atoms with Crippen LogP contribution < -0.4 is 5.32 Å². The number of nitrogens with one attached hydrogen (secondary N) is 1. The second-order valence-corrected chi connectivity index (χ2v) is 9.21. The van der Waals surface area contributed by atoms with Crippen LogP contribution in [-0.2, 0) is 25.5 Å². The van der Waals surface area contributed by atoms with Gasteiger partial charge in [0.15, 0.2) is 6.10 Å². The number of ether oxygens (including phenoxy) is 2. The Balaban J connectivity index is 2.15. The van der Waals surface area contributed by atoms with Gasteiger partial charge in [-0.2, -0.15) is 0 Å². The summed E-state index contributed by atoms with van der Waals surface area (Å²) in [6.45, 7) is 5.64. The number of nitrogens with zero attached hydrogens (tertiary/aromatic N) is 1. The lowest BCUT2D eigenvalue weighted by molar-refractivity contribution is -0.145. The number of carbonyl (C=O) groups excluding carboxylic acids is 3. The number of carbonyl (C=O) groups is 3. The number of hydrogen-bond donors (Lipinski definition) is 1. The number of rotatable bonds is 9. The molecule has 2 amide bonds. The second-order valence-electron chi connectivity index (χ2n) is 8.29. The first kappa shape index (κ1) is 25.5. The molecule has 2 rings (SSSR count). The topological polar surface area (TPSA) is 84.9 Å². The van der Waals surface area contributed by atoms with Crippen LogP contribution in [0.2, 0.25) is 0 Å². The molecule has 2 aromatic carbocycles. The van der Waals surface area contributed by atoms with Crippen LogP contribution in [0, 0.1) is 0 Å². The van der Waals surface area contributed by atoms with Gasteiger partial charge >= 0.3 is 6.09 Å². The van der Waals surface area contributed by atoms with Crippen LogP contribution >= 0.6 is 15.9 Å². The van der Waals surface area contributed by atoms with E-state index in [0.29, 0.717) is 12.0 Å². The fraction of sp³-hybridized carbons (Fsp3) is 0.375. The van der Waals surface area contributed by atoms with Crippen LogP contribution in [0.1, 0.15) is 26.3 Å². The summed E-state index contributed by atoms with van der Waals surface area (Å²) in [4.78, 5) is 38.6. The highest BCUT2D eigenvalue weighted by molar-refractivity contribution is 9.10. The van der Waals surface area contributed by atoms with Crippen molar-refractivity contribution in [1.82, 2.24) is 4.90 Å². The van der Waals surface area contributed by atoms with Gasteiger partial charge in [0.25, 0.3) is 5.91 Å². The molecule has 0 saturated heterocycles. The minimum Gasteiger partial charge on any atom is -0.436 e. The maximum atomic E-state index is 13.2. The molecule has 0 saturated carbocycles. The van der Waals surface area contributed by atoms with Crippen LogP contribution in [0.15, 0.2) is 59.1 Å². The van der Waals surface area contributed by atoms with Crippen LogP contribution in [-0.4, -0.2) is 54.6 Å². The molecule has 0 aliphatic rings. The van der Waals surface area contributed by atoms with Crippen molar-refractivity contribution >= 4 is 39.9 Å². The van der Waals surface area contributed by atoms with Crippen LogP contribution in [0.4, 0.5) is 10.5 Å². The van der Waals surface area contributed by atoms with E-state index >= 15 is 0 Å². The molecule has 32 heavy (non-hydrogen) atoms. The van der Waals surface area contributed by atoms with Crippen molar-refractivity contribution in [3.63, 3.8) is 0 Å². The number of likely N-dealkylation sites (N-methyl/N-ethyl adjacent to an activating group) is 1. The molecule has 0 bridgehead atoms. The summed E-state index contributed by atoms with van der Waals surface area (Å²) >= 11 is 3.34. The lowest BCUT2D eigenvalue weighted by Crippen LogP contribution is -2.48. The summed E-state index contributed by atoms with van der Waals surface area (Å²) in [6, 6.07) is 15.4. The van der Waals surface area contributed by atoms with E-state index in [2.05, 4.69) is 21.2 Å². The first-order valence-electron chi connectivity index (χ1n) is 10.2. The largest absolute Gasteiger partial charge is 0.436 e. The van der Waals surface area contributed by atoms with Gasteiger partial charge in [-0.05, 0) is 50.6 Å². The Labute approximate surface area is 197 Å². The van der Waals surface area contributed by atoms with Gasteiger partial charge in [0.1, 0.15) is 12.3 Å². The summed E-state index contributed by atoms with van der Waals surface area (Å²) in [5, 5.41) is 2.62. The highest BCUT2D eigenvalue weighted by Gasteiger charge is 2.31. The highest BCUT2D eigenvalue weighted by atomic mass is 79.9. The van der Waals surface area contributed by atoms with Crippen molar-refractivity contribution in [1.29, 1.82) is 0 Å². The average Bonchev–Trinajstić information content (AvgIpc) is 2.74. The lowest BCUT2D eigenvalue weighted by Gasteiger charge is -2.30. The Morgan fingerprint density at radius 3 is 2.28 bits per heavy atom. The van der Waals surface area contributed by atoms with Gasteiger partial charge in [-0.15, -0.1) is 0 Å². The number of halogens is 1. The first-order valence-corrected chi connectivity index (χ1v) is 11.0. The number of hydrogen-bond acceptors (Lipinski definition) is 5. The van der Waals surface area contributed by atoms with E-state index in [0.717, 1.165) is 10.0 Å². The maximum absolute atomic E-state index is 13.2. The minimum atomic E-state index is -1.12. The Hall–Kier alpha value is -2.71. The van der Waals surface area contributed by atoms with Gasteiger partial charge in [0.2, 0.25) is 0 Å². The molecule has 0 spiro atoms. The summed E-state index contributed by atoms with van der Waals surface area (Å²) in [6.07, 6.45) is -1.05. The number of amides is 2. The number of anilines is 1. The molecule has 172 valence electrons. The Bertz CT molecular complexity index is 897. The zero-order valence-electron chi connectivity index (χ0n) is 18.7. The van der Waals surface area contributed by atoms with E-state index in [9.17, 15) is 14.4 Å². The van der Waals surface area contributed by atoms with Crippen LogP contribution in [0.25, 0.3) is 0 Å². The Kier molecular flexibility index (Phi) is 9.41. The molecular formula is C24H29BrN2O5. The molecule has 1 N–H and O–H groups in total. The van der Waals surface area contributed by atoms with Crippen molar-refractivity contribution < 1.29 is 23.9 Å². The second kappa shape index (κ2) is 11.8. The molecule has 0 aliphatic heterocycles. The van der Waals surface area contributed by atoms with Crippen molar-refractivity contribution in [2.45, 2.75) is 44.9 Å². The third-order valence-electron chi connectivity index (χ3n) is 4.57. The summed E-state index contributed by atoms with van der Waals surface area (Å²) in [5.41, 5.74) is 0.890. The van der Waals surface area contributed by atoms with Crippen molar-refractivity contribution in [3.8, 4) is 0 Å².